The van der Waals surface area contributed by atoms with Gasteiger partial charge in [-0.2, -0.15) is 0 Å². The number of guanidine groups is 1. The third-order valence-electron chi connectivity index (χ3n) is 3.79. The van der Waals surface area contributed by atoms with Crippen LogP contribution in [0.25, 0.3) is 0 Å². The van der Waals surface area contributed by atoms with E-state index in [1.54, 1.807) is 7.11 Å². The highest BCUT2D eigenvalue weighted by Crippen LogP contribution is 2.20. The van der Waals surface area contributed by atoms with Crippen LogP contribution >= 0.6 is 0 Å². The van der Waals surface area contributed by atoms with Crippen molar-refractivity contribution < 1.29 is 4.74 Å². The van der Waals surface area contributed by atoms with Crippen LogP contribution < -0.4 is 15.4 Å². The van der Waals surface area contributed by atoms with Gasteiger partial charge in [-0.1, -0.05) is 42.5 Å². The molecule has 2 aromatic carbocycles. The summed E-state index contributed by atoms with van der Waals surface area (Å²) in [7, 11) is 1.69. The molecule has 0 aromatic heterocycles. The third kappa shape index (κ3) is 3.58. The Bertz CT molecular complexity index is 623. The van der Waals surface area contributed by atoms with E-state index < -0.39 is 0 Å². The highest BCUT2D eigenvalue weighted by Gasteiger charge is 2.15. The van der Waals surface area contributed by atoms with Gasteiger partial charge in [0.25, 0.3) is 0 Å². The molecule has 1 heterocycles. The first-order chi connectivity index (χ1) is 10.8. The van der Waals surface area contributed by atoms with Crippen molar-refractivity contribution in [1.82, 2.24) is 10.6 Å². The molecule has 0 aliphatic carbocycles. The van der Waals surface area contributed by atoms with E-state index in [2.05, 4.69) is 52.0 Å². The van der Waals surface area contributed by atoms with Crippen LogP contribution in [-0.4, -0.2) is 26.2 Å². The highest BCUT2D eigenvalue weighted by atomic mass is 16.5. The summed E-state index contributed by atoms with van der Waals surface area (Å²) in [4.78, 5) is 4.44. The van der Waals surface area contributed by atoms with E-state index in [0.717, 1.165) is 31.2 Å². The van der Waals surface area contributed by atoms with Crippen LogP contribution in [0.3, 0.4) is 0 Å². The van der Waals surface area contributed by atoms with Gasteiger partial charge in [-0.25, -0.2) is 0 Å². The third-order valence-corrected chi connectivity index (χ3v) is 3.79. The predicted octanol–water partition coefficient (Wildman–Crippen LogP) is 2.53. The molecule has 4 heteroatoms. The Kier molecular flexibility index (Phi) is 4.59. The van der Waals surface area contributed by atoms with Gasteiger partial charge < -0.3 is 15.4 Å². The quantitative estimate of drug-likeness (QED) is 0.891. The van der Waals surface area contributed by atoms with Crippen LogP contribution in [0.15, 0.2) is 59.6 Å². The molecule has 4 nitrogen and oxygen atoms in total. The fraction of sp³-hybridized carbons (Fsp3) is 0.278. The molecule has 0 saturated heterocycles. The Balaban J connectivity index is 1.77. The minimum atomic E-state index is 0.193. The Morgan fingerprint density at radius 2 is 1.91 bits per heavy atom. The summed E-state index contributed by atoms with van der Waals surface area (Å²) in [6, 6.07) is 18.9. The van der Waals surface area contributed by atoms with Gasteiger partial charge in [0.1, 0.15) is 5.75 Å². The van der Waals surface area contributed by atoms with Gasteiger partial charge in [0, 0.05) is 6.54 Å². The van der Waals surface area contributed by atoms with E-state index >= 15 is 0 Å². The van der Waals surface area contributed by atoms with Crippen molar-refractivity contribution in [2.75, 3.05) is 20.2 Å². The average Bonchev–Trinajstić information content (AvgIpc) is 3.09. The van der Waals surface area contributed by atoms with Crippen LogP contribution in [0, 0.1) is 0 Å². The molecule has 0 bridgehead atoms. The first-order valence-electron chi connectivity index (χ1n) is 7.58. The Hall–Kier alpha value is -2.49. The minimum Gasteiger partial charge on any atom is -0.497 e. The van der Waals surface area contributed by atoms with Crippen molar-refractivity contribution >= 4 is 5.96 Å². The molecular weight excluding hydrogens is 274 g/mol. The van der Waals surface area contributed by atoms with Gasteiger partial charge in [-0.05, 0) is 29.7 Å². The van der Waals surface area contributed by atoms with E-state index in [1.165, 1.54) is 11.1 Å². The zero-order valence-electron chi connectivity index (χ0n) is 12.8. The Labute approximate surface area is 131 Å². The molecule has 1 aliphatic rings. The van der Waals surface area contributed by atoms with E-state index in [-0.39, 0.29) is 6.04 Å². The number of hydrogen-bond acceptors (Lipinski definition) is 4. The highest BCUT2D eigenvalue weighted by molar-refractivity contribution is 5.81. The summed E-state index contributed by atoms with van der Waals surface area (Å²) in [5.74, 6) is 1.78. The molecule has 1 atom stereocenters. The van der Waals surface area contributed by atoms with Crippen molar-refractivity contribution in [3.8, 4) is 5.75 Å². The van der Waals surface area contributed by atoms with Gasteiger partial charge >= 0.3 is 0 Å². The zero-order chi connectivity index (χ0) is 15.2. The number of nitrogens with zero attached hydrogens (tertiary/aromatic N) is 1. The minimum absolute atomic E-state index is 0.193. The second-order valence-electron chi connectivity index (χ2n) is 5.32. The molecule has 2 N–H and O–H groups in total. The van der Waals surface area contributed by atoms with Crippen molar-refractivity contribution in [2.24, 2.45) is 4.99 Å². The molecule has 0 radical (unpaired) electrons. The number of aliphatic imine (C=N–C) groups is 1. The first kappa shape index (κ1) is 14.4. The maximum atomic E-state index is 5.22. The number of hydrogen-bond donors (Lipinski definition) is 2. The Morgan fingerprint density at radius 1 is 1.14 bits per heavy atom. The molecular formula is C18H21N3O. The lowest BCUT2D eigenvalue weighted by Crippen LogP contribution is -2.37. The smallest absolute Gasteiger partial charge is 0.191 e. The number of nitrogens with one attached hydrogen (secondary N) is 2. The lowest BCUT2D eigenvalue weighted by atomic mass is 9.99. The maximum absolute atomic E-state index is 5.22. The second kappa shape index (κ2) is 6.98. The average molecular weight is 295 g/mol. The summed E-state index contributed by atoms with van der Waals surface area (Å²) >= 11 is 0. The molecule has 0 saturated carbocycles. The molecule has 1 aliphatic heterocycles. The maximum Gasteiger partial charge on any atom is 0.191 e. The van der Waals surface area contributed by atoms with Crippen molar-refractivity contribution in [1.29, 1.82) is 0 Å². The summed E-state index contributed by atoms with van der Waals surface area (Å²) < 4.78 is 5.22. The molecule has 2 aromatic rings. The van der Waals surface area contributed by atoms with Crippen LogP contribution in [0.2, 0.25) is 0 Å². The van der Waals surface area contributed by atoms with E-state index in [9.17, 15) is 0 Å². The molecule has 22 heavy (non-hydrogen) atoms. The molecule has 0 amide bonds. The number of ether oxygens (including phenoxy) is 1. The SMILES string of the molecule is COc1ccc(CC(NC2=NCCN2)c2ccccc2)cc1. The molecule has 1 unspecified atom stereocenters. The van der Waals surface area contributed by atoms with Crippen molar-refractivity contribution in [3.05, 3.63) is 65.7 Å². The summed E-state index contributed by atoms with van der Waals surface area (Å²) in [6.45, 7) is 1.75. The van der Waals surface area contributed by atoms with Gasteiger partial charge in [0.15, 0.2) is 5.96 Å². The van der Waals surface area contributed by atoms with E-state index in [0.29, 0.717) is 0 Å². The second-order valence-corrected chi connectivity index (χ2v) is 5.32. The normalized spacial score (nSPS) is 14.9. The van der Waals surface area contributed by atoms with E-state index in [1.807, 2.05) is 18.2 Å². The number of benzene rings is 2. The Morgan fingerprint density at radius 3 is 2.55 bits per heavy atom. The van der Waals surface area contributed by atoms with Gasteiger partial charge in [0.2, 0.25) is 0 Å². The number of methoxy groups -OCH3 is 1. The summed E-state index contributed by atoms with van der Waals surface area (Å²) in [5, 5.41) is 6.80. The van der Waals surface area contributed by atoms with Crippen LogP contribution in [0.1, 0.15) is 17.2 Å². The fourth-order valence-corrected chi connectivity index (χ4v) is 2.59. The topological polar surface area (TPSA) is 45.6 Å². The molecule has 3 rings (SSSR count). The lowest BCUT2D eigenvalue weighted by molar-refractivity contribution is 0.414. The standard InChI is InChI=1S/C18H21N3O/c1-22-16-9-7-14(8-10-16)13-17(15-5-3-2-4-6-15)21-18-19-11-12-20-18/h2-10,17H,11-13H2,1H3,(H2,19,20,21). The summed E-state index contributed by atoms with van der Waals surface area (Å²) in [5.41, 5.74) is 2.52. The van der Waals surface area contributed by atoms with Crippen molar-refractivity contribution in [2.45, 2.75) is 12.5 Å². The largest absolute Gasteiger partial charge is 0.497 e. The van der Waals surface area contributed by atoms with Gasteiger partial charge in [0.05, 0.1) is 19.7 Å². The monoisotopic (exact) mass is 295 g/mol. The van der Waals surface area contributed by atoms with Gasteiger partial charge in [-0.15, -0.1) is 0 Å². The fourth-order valence-electron chi connectivity index (χ4n) is 2.59. The first-order valence-corrected chi connectivity index (χ1v) is 7.58. The predicted molar refractivity (Wildman–Crippen MR) is 89.3 cm³/mol. The lowest BCUT2D eigenvalue weighted by Gasteiger charge is -2.20. The van der Waals surface area contributed by atoms with Crippen LogP contribution in [-0.2, 0) is 6.42 Å². The van der Waals surface area contributed by atoms with Crippen LogP contribution in [0.4, 0.5) is 0 Å². The molecule has 0 fully saturated rings. The zero-order valence-corrected chi connectivity index (χ0v) is 12.8. The molecule has 114 valence electrons. The van der Waals surface area contributed by atoms with E-state index in [4.69, 9.17) is 4.74 Å². The summed E-state index contributed by atoms with van der Waals surface area (Å²) in [6.07, 6.45) is 0.898. The van der Waals surface area contributed by atoms with Crippen molar-refractivity contribution in [3.63, 3.8) is 0 Å². The number of rotatable bonds is 5. The van der Waals surface area contributed by atoms with Gasteiger partial charge in [-0.3, -0.25) is 4.99 Å². The van der Waals surface area contributed by atoms with Crippen LogP contribution in [0.5, 0.6) is 5.75 Å². The molecule has 0 spiro atoms.